The molecule has 0 saturated carbocycles. The molecule has 0 aliphatic rings. The van der Waals surface area contributed by atoms with Gasteiger partial charge in [0, 0.05) is 24.3 Å². The van der Waals surface area contributed by atoms with Gasteiger partial charge in [-0.1, -0.05) is 25.1 Å². The number of hydrogen-bond acceptors (Lipinski definition) is 4. The SMILES string of the molecule is CCCNCCNC(=O)c1cccc(NS(=O)(=O)c2cc(C)ccc2C)c1.Cl. The van der Waals surface area contributed by atoms with Crippen LogP contribution in [0.3, 0.4) is 0 Å². The summed E-state index contributed by atoms with van der Waals surface area (Å²) in [5, 5.41) is 6.02. The van der Waals surface area contributed by atoms with Gasteiger partial charge in [0.05, 0.1) is 4.90 Å². The van der Waals surface area contributed by atoms with Crippen LogP contribution in [0.5, 0.6) is 0 Å². The first-order chi connectivity index (χ1) is 12.8. The number of nitrogens with one attached hydrogen (secondary N) is 3. The van der Waals surface area contributed by atoms with Crippen LogP contribution in [0.15, 0.2) is 47.4 Å². The van der Waals surface area contributed by atoms with Gasteiger partial charge in [-0.25, -0.2) is 8.42 Å². The summed E-state index contributed by atoms with van der Waals surface area (Å²) in [5.41, 5.74) is 2.30. The van der Waals surface area contributed by atoms with Crippen LogP contribution in [-0.4, -0.2) is 34.0 Å². The number of halogens is 1. The van der Waals surface area contributed by atoms with Crippen LogP contribution in [-0.2, 0) is 10.0 Å². The second-order valence-electron chi connectivity index (χ2n) is 6.46. The first-order valence-corrected chi connectivity index (χ1v) is 10.5. The lowest BCUT2D eigenvalue weighted by Gasteiger charge is -2.12. The third kappa shape index (κ3) is 6.82. The smallest absolute Gasteiger partial charge is 0.262 e. The van der Waals surface area contributed by atoms with E-state index >= 15 is 0 Å². The number of amides is 1. The molecule has 0 bridgehead atoms. The second kappa shape index (κ2) is 11.0. The van der Waals surface area contributed by atoms with Crippen molar-refractivity contribution < 1.29 is 13.2 Å². The zero-order valence-corrected chi connectivity index (χ0v) is 18.0. The van der Waals surface area contributed by atoms with Gasteiger partial charge in [0.15, 0.2) is 0 Å². The largest absolute Gasteiger partial charge is 0.351 e. The standard InChI is InChI=1S/C20H27N3O3S.ClH/c1-4-10-21-11-12-22-20(24)17-6-5-7-18(14-17)23-27(25,26)19-13-15(2)8-9-16(19)3;/h5-9,13-14,21,23H,4,10-12H2,1-3H3,(H,22,24);1H. The minimum absolute atomic E-state index is 0. The average Bonchev–Trinajstić information content (AvgIpc) is 2.63. The van der Waals surface area contributed by atoms with Gasteiger partial charge in [0.2, 0.25) is 0 Å². The Morgan fingerprint density at radius 2 is 1.75 bits per heavy atom. The molecule has 2 rings (SSSR count). The molecule has 0 aliphatic carbocycles. The summed E-state index contributed by atoms with van der Waals surface area (Å²) in [5.74, 6) is -0.235. The normalized spacial score (nSPS) is 10.8. The van der Waals surface area contributed by atoms with Crippen LogP contribution in [0.2, 0.25) is 0 Å². The summed E-state index contributed by atoms with van der Waals surface area (Å²) in [6.07, 6.45) is 1.04. The van der Waals surface area contributed by atoms with Gasteiger partial charge in [-0.3, -0.25) is 9.52 Å². The fourth-order valence-electron chi connectivity index (χ4n) is 2.60. The highest BCUT2D eigenvalue weighted by Crippen LogP contribution is 2.21. The van der Waals surface area contributed by atoms with Crippen molar-refractivity contribution in [2.24, 2.45) is 0 Å². The van der Waals surface area contributed by atoms with Gasteiger partial charge >= 0.3 is 0 Å². The molecule has 0 spiro atoms. The van der Waals surface area contributed by atoms with E-state index in [1.54, 1.807) is 37.3 Å². The molecule has 6 nitrogen and oxygen atoms in total. The third-order valence-electron chi connectivity index (χ3n) is 4.02. The molecule has 0 atom stereocenters. The van der Waals surface area contributed by atoms with E-state index in [2.05, 4.69) is 22.3 Å². The Balaban J connectivity index is 0.00000392. The van der Waals surface area contributed by atoms with Crippen molar-refractivity contribution in [2.45, 2.75) is 32.1 Å². The van der Waals surface area contributed by atoms with E-state index in [1.807, 2.05) is 13.0 Å². The fourth-order valence-corrected chi connectivity index (χ4v) is 3.98. The van der Waals surface area contributed by atoms with Gasteiger partial charge < -0.3 is 10.6 Å². The van der Waals surface area contributed by atoms with Crippen LogP contribution in [0, 0.1) is 13.8 Å². The van der Waals surface area contributed by atoms with Gasteiger partial charge in [-0.05, 0) is 62.2 Å². The zero-order chi connectivity index (χ0) is 19.9. The highest BCUT2D eigenvalue weighted by molar-refractivity contribution is 7.92. The topological polar surface area (TPSA) is 87.3 Å². The second-order valence-corrected chi connectivity index (χ2v) is 8.11. The molecular formula is C20H28ClN3O3S. The molecular weight excluding hydrogens is 398 g/mol. The van der Waals surface area contributed by atoms with E-state index in [1.165, 1.54) is 6.07 Å². The van der Waals surface area contributed by atoms with E-state index in [-0.39, 0.29) is 23.2 Å². The Labute approximate surface area is 173 Å². The zero-order valence-electron chi connectivity index (χ0n) is 16.4. The maximum absolute atomic E-state index is 12.7. The van der Waals surface area contributed by atoms with Crippen LogP contribution in [0.1, 0.15) is 34.8 Å². The molecule has 28 heavy (non-hydrogen) atoms. The molecule has 1 amide bonds. The number of carbonyl (C=O) groups is 1. The van der Waals surface area contributed by atoms with Crippen LogP contribution in [0.4, 0.5) is 5.69 Å². The molecule has 0 radical (unpaired) electrons. The van der Waals surface area contributed by atoms with Gasteiger partial charge in [0.1, 0.15) is 0 Å². The molecule has 0 saturated heterocycles. The predicted molar refractivity (Wildman–Crippen MR) is 116 cm³/mol. The molecule has 3 N–H and O–H groups in total. The number of anilines is 1. The van der Waals surface area contributed by atoms with Crippen molar-refractivity contribution in [2.75, 3.05) is 24.4 Å². The lowest BCUT2D eigenvalue weighted by atomic mass is 10.2. The Hall–Kier alpha value is -2.09. The minimum Gasteiger partial charge on any atom is -0.351 e. The molecule has 8 heteroatoms. The fraction of sp³-hybridized carbons (Fsp3) is 0.350. The van der Waals surface area contributed by atoms with Crippen LogP contribution >= 0.6 is 12.4 Å². The van der Waals surface area contributed by atoms with Crippen molar-refractivity contribution in [3.8, 4) is 0 Å². The quantitative estimate of drug-likeness (QED) is 0.538. The molecule has 2 aromatic carbocycles. The maximum Gasteiger partial charge on any atom is 0.262 e. The Bertz CT molecular complexity index is 901. The first-order valence-electron chi connectivity index (χ1n) is 9.02. The van der Waals surface area contributed by atoms with E-state index < -0.39 is 10.0 Å². The summed E-state index contributed by atoms with van der Waals surface area (Å²) >= 11 is 0. The van der Waals surface area contributed by atoms with Crippen LogP contribution < -0.4 is 15.4 Å². The number of hydrogen-bond donors (Lipinski definition) is 3. The minimum atomic E-state index is -3.73. The summed E-state index contributed by atoms with van der Waals surface area (Å²) < 4.78 is 28.0. The molecule has 154 valence electrons. The summed E-state index contributed by atoms with van der Waals surface area (Å²) in [4.78, 5) is 12.5. The average molecular weight is 426 g/mol. The van der Waals surface area contributed by atoms with E-state index in [4.69, 9.17) is 0 Å². The molecule has 0 fully saturated rings. The molecule has 0 heterocycles. The van der Waals surface area contributed by atoms with Gasteiger partial charge in [-0.15, -0.1) is 12.4 Å². The maximum atomic E-state index is 12.7. The van der Waals surface area contributed by atoms with Crippen molar-refractivity contribution in [1.82, 2.24) is 10.6 Å². The number of benzene rings is 2. The van der Waals surface area contributed by atoms with Gasteiger partial charge in [-0.2, -0.15) is 0 Å². The monoisotopic (exact) mass is 425 g/mol. The van der Waals surface area contributed by atoms with E-state index in [9.17, 15) is 13.2 Å². The Morgan fingerprint density at radius 3 is 2.46 bits per heavy atom. The lowest BCUT2D eigenvalue weighted by molar-refractivity contribution is 0.0954. The van der Waals surface area contributed by atoms with Crippen molar-refractivity contribution in [1.29, 1.82) is 0 Å². The summed E-state index contributed by atoms with van der Waals surface area (Å²) in [6.45, 7) is 7.79. The van der Waals surface area contributed by atoms with Crippen molar-refractivity contribution in [3.63, 3.8) is 0 Å². The summed E-state index contributed by atoms with van der Waals surface area (Å²) in [7, 11) is -3.73. The first kappa shape index (κ1) is 23.9. The highest BCUT2D eigenvalue weighted by Gasteiger charge is 2.17. The predicted octanol–water partition coefficient (Wildman–Crippen LogP) is 3.26. The van der Waals surface area contributed by atoms with Gasteiger partial charge in [0.25, 0.3) is 15.9 Å². The highest BCUT2D eigenvalue weighted by atomic mass is 35.5. The Morgan fingerprint density at radius 1 is 1.00 bits per heavy atom. The molecule has 2 aromatic rings. The number of sulfonamides is 1. The molecule has 0 aromatic heterocycles. The third-order valence-corrected chi connectivity index (χ3v) is 5.55. The molecule has 0 aliphatic heterocycles. The Kier molecular flexibility index (Phi) is 9.45. The summed E-state index contributed by atoms with van der Waals surface area (Å²) in [6, 6.07) is 11.8. The van der Waals surface area contributed by atoms with E-state index in [0.717, 1.165) is 18.5 Å². The lowest BCUT2D eigenvalue weighted by Crippen LogP contribution is -2.32. The van der Waals surface area contributed by atoms with Crippen molar-refractivity contribution >= 4 is 34.0 Å². The number of aryl methyl sites for hydroxylation is 2. The number of rotatable bonds is 9. The molecule has 0 unspecified atom stereocenters. The van der Waals surface area contributed by atoms with Crippen LogP contribution in [0.25, 0.3) is 0 Å². The number of carbonyl (C=O) groups excluding carboxylic acids is 1. The van der Waals surface area contributed by atoms with Crippen molar-refractivity contribution in [3.05, 3.63) is 59.2 Å². The van der Waals surface area contributed by atoms with E-state index in [0.29, 0.717) is 29.9 Å².